The van der Waals surface area contributed by atoms with E-state index in [0.29, 0.717) is 43.4 Å². The SMILES string of the molecule is CCOC(=O)[C@H](Cc1c[nH]c2ccccc12)NC(=O)CCCCCN1C(=O)c2ccccc2C1=O. The van der Waals surface area contributed by atoms with Gasteiger partial charge in [-0.3, -0.25) is 19.3 Å². The molecule has 0 saturated carbocycles. The van der Waals surface area contributed by atoms with Gasteiger partial charge in [-0.15, -0.1) is 0 Å². The highest BCUT2D eigenvalue weighted by Crippen LogP contribution is 2.23. The summed E-state index contributed by atoms with van der Waals surface area (Å²) in [6.45, 7) is 2.29. The number of unbranched alkanes of at least 4 members (excludes halogenated alkanes) is 2. The summed E-state index contributed by atoms with van der Waals surface area (Å²) >= 11 is 0. The third-order valence-electron chi connectivity index (χ3n) is 6.17. The van der Waals surface area contributed by atoms with Gasteiger partial charge in [0.2, 0.25) is 5.91 Å². The number of para-hydroxylation sites is 1. The molecule has 1 atom stereocenters. The van der Waals surface area contributed by atoms with Crippen molar-refractivity contribution in [1.82, 2.24) is 15.2 Å². The van der Waals surface area contributed by atoms with E-state index in [9.17, 15) is 19.2 Å². The Hall–Kier alpha value is -3.94. The van der Waals surface area contributed by atoms with Gasteiger partial charge in [0.25, 0.3) is 11.8 Å². The van der Waals surface area contributed by atoms with Gasteiger partial charge in [-0.25, -0.2) is 4.79 Å². The zero-order valence-corrected chi connectivity index (χ0v) is 19.7. The molecule has 35 heavy (non-hydrogen) atoms. The Bertz CT molecular complexity index is 1210. The largest absolute Gasteiger partial charge is 0.464 e. The quantitative estimate of drug-likeness (QED) is 0.250. The summed E-state index contributed by atoms with van der Waals surface area (Å²) in [6, 6.07) is 13.8. The Labute approximate surface area is 203 Å². The molecule has 0 bridgehead atoms. The minimum atomic E-state index is -0.778. The second kappa shape index (κ2) is 11.0. The second-order valence-electron chi connectivity index (χ2n) is 8.55. The fraction of sp³-hybridized carbons (Fsp3) is 0.333. The zero-order valence-electron chi connectivity index (χ0n) is 19.7. The first-order valence-electron chi connectivity index (χ1n) is 12.0. The van der Waals surface area contributed by atoms with Crippen molar-refractivity contribution in [3.8, 4) is 0 Å². The maximum atomic E-state index is 12.6. The Balaban J connectivity index is 1.25. The van der Waals surface area contributed by atoms with Crippen molar-refractivity contribution in [2.45, 2.75) is 45.1 Å². The molecular weight excluding hydrogens is 446 g/mol. The topological polar surface area (TPSA) is 109 Å². The van der Waals surface area contributed by atoms with Crippen LogP contribution < -0.4 is 5.32 Å². The van der Waals surface area contributed by atoms with Crippen molar-refractivity contribution in [3.63, 3.8) is 0 Å². The number of rotatable bonds is 11. The number of hydrogen-bond acceptors (Lipinski definition) is 5. The number of H-pyrrole nitrogens is 1. The van der Waals surface area contributed by atoms with E-state index in [2.05, 4.69) is 10.3 Å². The molecule has 8 heteroatoms. The normalized spacial score (nSPS) is 13.7. The van der Waals surface area contributed by atoms with Crippen molar-refractivity contribution in [2.75, 3.05) is 13.2 Å². The molecule has 2 aromatic carbocycles. The molecule has 2 N–H and O–H groups in total. The van der Waals surface area contributed by atoms with E-state index in [1.165, 1.54) is 4.90 Å². The lowest BCUT2D eigenvalue weighted by atomic mass is 10.0. The average molecular weight is 476 g/mol. The van der Waals surface area contributed by atoms with Gasteiger partial charge in [0.1, 0.15) is 6.04 Å². The van der Waals surface area contributed by atoms with Gasteiger partial charge in [-0.05, 0) is 43.5 Å². The molecule has 0 fully saturated rings. The van der Waals surface area contributed by atoms with Crippen molar-refractivity contribution >= 4 is 34.6 Å². The highest BCUT2D eigenvalue weighted by atomic mass is 16.5. The first kappa shape index (κ1) is 24.2. The molecule has 4 rings (SSSR count). The van der Waals surface area contributed by atoms with E-state index in [0.717, 1.165) is 16.5 Å². The summed E-state index contributed by atoms with van der Waals surface area (Å²) in [5, 5.41) is 3.82. The van der Waals surface area contributed by atoms with Crippen LogP contribution in [-0.2, 0) is 20.7 Å². The first-order chi connectivity index (χ1) is 17.0. The van der Waals surface area contributed by atoms with Gasteiger partial charge in [0.15, 0.2) is 0 Å². The Morgan fingerprint density at radius 3 is 2.37 bits per heavy atom. The van der Waals surface area contributed by atoms with Crippen LogP contribution in [0, 0.1) is 0 Å². The second-order valence-corrected chi connectivity index (χ2v) is 8.55. The van der Waals surface area contributed by atoms with Crippen LogP contribution in [0.1, 0.15) is 58.9 Å². The van der Waals surface area contributed by atoms with Gasteiger partial charge < -0.3 is 15.0 Å². The van der Waals surface area contributed by atoms with Crippen LogP contribution in [-0.4, -0.2) is 52.8 Å². The Morgan fingerprint density at radius 1 is 0.971 bits per heavy atom. The average Bonchev–Trinajstić information content (AvgIpc) is 3.38. The maximum Gasteiger partial charge on any atom is 0.328 e. The smallest absolute Gasteiger partial charge is 0.328 e. The van der Waals surface area contributed by atoms with Crippen molar-refractivity contribution in [1.29, 1.82) is 0 Å². The van der Waals surface area contributed by atoms with Crippen LogP contribution in [0.5, 0.6) is 0 Å². The summed E-state index contributed by atoms with van der Waals surface area (Å²) in [5.41, 5.74) is 2.78. The molecule has 2 heterocycles. The van der Waals surface area contributed by atoms with Crippen LogP contribution in [0.15, 0.2) is 54.7 Å². The minimum Gasteiger partial charge on any atom is -0.464 e. The number of imide groups is 1. The summed E-state index contributed by atoms with van der Waals surface area (Å²) in [4.78, 5) is 54.4. The lowest BCUT2D eigenvalue weighted by Gasteiger charge is -2.17. The number of ether oxygens (including phenoxy) is 1. The fourth-order valence-corrected chi connectivity index (χ4v) is 4.40. The molecule has 1 aliphatic heterocycles. The van der Waals surface area contributed by atoms with E-state index in [1.807, 2.05) is 30.5 Å². The number of carbonyl (C=O) groups is 4. The molecule has 0 aliphatic carbocycles. The molecule has 1 aromatic heterocycles. The van der Waals surface area contributed by atoms with Gasteiger partial charge in [0.05, 0.1) is 17.7 Å². The number of hydrogen-bond donors (Lipinski definition) is 2. The third-order valence-corrected chi connectivity index (χ3v) is 6.17. The molecule has 1 aliphatic rings. The molecule has 0 spiro atoms. The summed E-state index contributed by atoms with van der Waals surface area (Å²) in [6.07, 6.45) is 4.28. The van der Waals surface area contributed by atoms with Crippen molar-refractivity contribution in [3.05, 3.63) is 71.4 Å². The molecule has 3 amide bonds. The Morgan fingerprint density at radius 2 is 1.66 bits per heavy atom. The lowest BCUT2D eigenvalue weighted by Crippen LogP contribution is -2.43. The number of aromatic nitrogens is 1. The molecule has 0 unspecified atom stereocenters. The van der Waals surface area contributed by atoms with E-state index in [4.69, 9.17) is 4.74 Å². The molecule has 8 nitrogen and oxygen atoms in total. The van der Waals surface area contributed by atoms with Gasteiger partial charge in [0, 0.05) is 36.5 Å². The number of amides is 3. The standard InChI is InChI=1S/C27H29N3O5/c1-2-35-27(34)23(16-18-17-28-22-13-8-7-10-19(18)22)29-24(31)14-4-3-9-15-30-25(32)20-11-5-6-12-21(20)26(30)33/h5-8,10-13,17,23,28H,2-4,9,14-16H2,1H3,(H,29,31)/t23-/m0/s1. The molecule has 182 valence electrons. The van der Waals surface area contributed by atoms with Crippen LogP contribution in [0.3, 0.4) is 0 Å². The van der Waals surface area contributed by atoms with Gasteiger partial charge in [-0.2, -0.15) is 0 Å². The van der Waals surface area contributed by atoms with E-state index < -0.39 is 12.0 Å². The number of carbonyl (C=O) groups excluding carboxylic acids is 4. The monoisotopic (exact) mass is 475 g/mol. The predicted molar refractivity (Wildman–Crippen MR) is 131 cm³/mol. The summed E-state index contributed by atoms with van der Waals surface area (Å²) in [7, 11) is 0. The lowest BCUT2D eigenvalue weighted by molar-refractivity contribution is -0.147. The molecular formula is C27H29N3O5. The third kappa shape index (κ3) is 5.42. The number of aromatic amines is 1. The number of benzene rings is 2. The number of nitrogens with zero attached hydrogens (tertiary/aromatic N) is 1. The van der Waals surface area contributed by atoms with Gasteiger partial charge >= 0.3 is 5.97 Å². The van der Waals surface area contributed by atoms with Crippen molar-refractivity contribution in [2.24, 2.45) is 0 Å². The zero-order chi connectivity index (χ0) is 24.8. The van der Waals surface area contributed by atoms with E-state index in [-0.39, 0.29) is 30.7 Å². The van der Waals surface area contributed by atoms with Gasteiger partial charge in [-0.1, -0.05) is 36.8 Å². The van der Waals surface area contributed by atoms with Crippen LogP contribution in [0.4, 0.5) is 0 Å². The Kier molecular flexibility index (Phi) is 7.60. The van der Waals surface area contributed by atoms with E-state index in [1.54, 1.807) is 31.2 Å². The highest BCUT2D eigenvalue weighted by molar-refractivity contribution is 6.21. The number of fused-ring (bicyclic) bond motifs is 2. The van der Waals surface area contributed by atoms with Crippen LogP contribution >= 0.6 is 0 Å². The summed E-state index contributed by atoms with van der Waals surface area (Å²) < 4.78 is 5.18. The minimum absolute atomic E-state index is 0.233. The molecule has 0 radical (unpaired) electrons. The van der Waals surface area contributed by atoms with Crippen molar-refractivity contribution < 1.29 is 23.9 Å². The highest BCUT2D eigenvalue weighted by Gasteiger charge is 2.34. The van der Waals surface area contributed by atoms with Crippen LogP contribution in [0.25, 0.3) is 10.9 Å². The number of nitrogens with one attached hydrogen (secondary N) is 2. The first-order valence-corrected chi connectivity index (χ1v) is 12.0. The fourth-order valence-electron chi connectivity index (χ4n) is 4.40. The maximum absolute atomic E-state index is 12.6. The molecule has 3 aromatic rings. The summed E-state index contributed by atoms with van der Waals surface area (Å²) in [5.74, 6) is -1.23. The number of esters is 1. The predicted octanol–water partition coefficient (Wildman–Crippen LogP) is 3.61. The molecule has 0 saturated heterocycles. The van der Waals surface area contributed by atoms with Crippen LogP contribution in [0.2, 0.25) is 0 Å². The van der Waals surface area contributed by atoms with E-state index >= 15 is 0 Å².